The van der Waals surface area contributed by atoms with Crippen LogP contribution in [0.5, 0.6) is 5.75 Å². The SMILES string of the molecule is CCC(Oc1ccc(Br)cc1Br)SCc1c[nH]c(=O)[nH]1. The summed E-state index contributed by atoms with van der Waals surface area (Å²) in [6, 6.07) is 5.83. The molecule has 2 N–H and O–H groups in total. The Bertz CT molecular complexity index is 627. The predicted octanol–water partition coefficient (Wildman–Crippen LogP) is 4.28. The smallest absolute Gasteiger partial charge is 0.323 e. The van der Waals surface area contributed by atoms with Crippen molar-refractivity contribution in [2.24, 2.45) is 0 Å². The number of nitrogens with one attached hydrogen (secondary N) is 2. The molecular formula is C13H14Br2N2O2S. The second-order valence-corrected chi connectivity index (χ2v) is 7.03. The number of rotatable bonds is 6. The van der Waals surface area contributed by atoms with E-state index in [4.69, 9.17) is 4.74 Å². The predicted molar refractivity (Wildman–Crippen MR) is 89.3 cm³/mol. The van der Waals surface area contributed by atoms with Crippen LogP contribution in [0, 0.1) is 0 Å². The quantitative estimate of drug-likeness (QED) is 0.684. The van der Waals surface area contributed by atoms with Crippen molar-refractivity contribution >= 4 is 43.6 Å². The molecule has 1 heterocycles. The van der Waals surface area contributed by atoms with E-state index < -0.39 is 0 Å². The molecule has 0 aliphatic heterocycles. The van der Waals surface area contributed by atoms with Crippen molar-refractivity contribution in [3.8, 4) is 5.75 Å². The molecule has 0 aliphatic rings. The van der Waals surface area contributed by atoms with E-state index in [-0.39, 0.29) is 11.1 Å². The first-order valence-corrected chi connectivity index (χ1v) is 8.72. The van der Waals surface area contributed by atoms with Gasteiger partial charge in [-0.05, 0) is 40.5 Å². The van der Waals surface area contributed by atoms with Gasteiger partial charge in [0.2, 0.25) is 0 Å². The number of imidazole rings is 1. The summed E-state index contributed by atoms with van der Waals surface area (Å²) in [5.41, 5.74) is 0.730. The number of hydrogen-bond donors (Lipinski definition) is 2. The second kappa shape index (κ2) is 7.38. The van der Waals surface area contributed by atoms with Crippen molar-refractivity contribution in [1.82, 2.24) is 9.97 Å². The summed E-state index contributed by atoms with van der Waals surface area (Å²) in [6.45, 7) is 2.07. The fourth-order valence-electron chi connectivity index (χ4n) is 1.58. The van der Waals surface area contributed by atoms with Crippen molar-refractivity contribution in [3.63, 3.8) is 0 Å². The van der Waals surface area contributed by atoms with Crippen LogP contribution in [0.4, 0.5) is 0 Å². The largest absolute Gasteiger partial charge is 0.479 e. The van der Waals surface area contributed by atoms with Crippen LogP contribution < -0.4 is 10.4 Å². The molecule has 0 saturated heterocycles. The maximum atomic E-state index is 11.0. The summed E-state index contributed by atoms with van der Waals surface area (Å²) in [5.74, 6) is 1.51. The van der Waals surface area contributed by atoms with Crippen molar-refractivity contribution < 1.29 is 4.74 Å². The van der Waals surface area contributed by atoms with E-state index >= 15 is 0 Å². The Labute approximate surface area is 138 Å². The molecule has 108 valence electrons. The monoisotopic (exact) mass is 420 g/mol. The molecule has 2 rings (SSSR count). The molecule has 1 unspecified atom stereocenters. The lowest BCUT2D eigenvalue weighted by Crippen LogP contribution is -2.11. The van der Waals surface area contributed by atoms with Crippen LogP contribution in [0.1, 0.15) is 19.0 Å². The summed E-state index contributed by atoms with van der Waals surface area (Å²) in [6.07, 6.45) is 2.57. The topological polar surface area (TPSA) is 57.9 Å². The van der Waals surface area contributed by atoms with Gasteiger partial charge in [0.05, 0.1) is 4.47 Å². The van der Waals surface area contributed by atoms with Gasteiger partial charge in [0.1, 0.15) is 11.2 Å². The number of aromatic amines is 2. The Morgan fingerprint density at radius 2 is 2.20 bits per heavy atom. The fraction of sp³-hybridized carbons (Fsp3) is 0.308. The van der Waals surface area contributed by atoms with Gasteiger partial charge in [-0.2, -0.15) is 0 Å². The van der Waals surface area contributed by atoms with E-state index in [1.165, 1.54) is 0 Å². The number of benzene rings is 1. The molecule has 1 aromatic heterocycles. The number of thioether (sulfide) groups is 1. The van der Waals surface area contributed by atoms with Gasteiger partial charge in [0.15, 0.2) is 0 Å². The minimum Gasteiger partial charge on any atom is -0.479 e. The second-order valence-electron chi connectivity index (χ2n) is 4.11. The molecule has 0 aliphatic carbocycles. The highest BCUT2D eigenvalue weighted by Gasteiger charge is 2.12. The number of hydrogen-bond acceptors (Lipinski definition) is 3. The van der Waals surface area contributed by atoms with E-state index in [0.29, 0.717) is 5.75 Å². The van der Waals surface area contributed by atoms with E-state index in [1.807, 2.05) is 18.2 Å². The Kier molecular flexibility index (Phi) is 5.80. The lowest BCUT2D eigenvalue weighted by atomic mass is 10.3. The van der Waals surface area contributed by atoms with Gasteiger partial charge < -0.3 is 14.7 Å². The average molecular weight is 422 g/mol. The molecule has 1 aromatic carbocycles. The van der Waals surface area contributed by atoms with Crippen molar-refractivity contribution in [2.75, 3.05) is 0 Å². The summed E-state index contributed by atoms with van der Waals surface area (Å²) in [7, 11) is 0. The molecular weight excluding hydrogens is 408 g/mol. The number of aromatic nitrogens is 2. The summed E-state index contributed by atoms with van der Waals surface area (Å²) in [5, 5.41) is 0. The molecule has 2 aromatic rings. The van der Waals surface area contributed by atoms with Gasteiger partial charge >= 0.3 is 5.69 Å². The summed E-state index contributed by atoms with van der Waals surface area (Å²) in [4.78, 5) is 16.3. The Morgan fingerprint density at radius 3 is 2.80 bits per heavy atom. The van der Waals surface area contributed by atoms with Crippen LogP contribution in [-0.2, 0) is 5.75 Å². The Balaban J connectivity index is 1.96. The van der Waals surface area contributed by atoms with Gasteiger partial charge in [-0.1, -0.05) is 22.9 Å². The first kappa shape index (κ1) is 15.7. The van der Waals surface area contributed by atoms with Gasteiger partial charge in [0, 0.05) is 22.1 Å². The van der Waals surface area contributed by atoms with Gasteiger partial charge in [-0.15, -0.1) is 11.8 Å². The first-order chi connectivity index (χ1) is 9.58. The zero-order chi connectivity index (χ0) is 14.5. The number of ether oxygens (including phenoxy) is 1. The maximum Gasteiger partial charge on any atom is 0.323 e. The van der Waals surface area contributed by atoms with Crippen LogP contribution in [0.2, 0.25) is 0 Å². The van der Waals surface area contributed by atoms with Crippen LogP contribution >= 0.6 is 43.6 Å². The molecule has 0 amide bonds. The molecule has 0 radical (unpaired) electrons. The normalized spacial score (nSPS) is 12.3. The molecule has 7 heteroatoms. The van der Waals surface area contributed by atoms with Crippen LogP contribution in [-0.4, -0.2) is 15.4 Å². The fourth-order valence-corrected chi connectivity index (χ4v) is 3.65. The average Bonchev–Trinajstić information content (AvgIpc) is 2.82. The highest BCUT2D eigenvalue weighted by Crippen LogP contribution is 2.31. The lowest BCUT2D eigenvalue weighted by Gasteiger charge is -2.17. The van der Waals surface area contributed by atoms with Crippen molar-refractivity contribution in [3.05, 3.63) is 49.5 Å². The first-order valence-electron chi connectivity index (χ1n) is 6.08. The Morgan fingerprint density at radius 1 is 1.40 bits per heavy atom. The van der Waals surface area contributed by atoms with Gasteiger partial charge in [-0.25, -0.2) is 4.79 Å². The molecule has 20 heavy (non-hydrogen) atoms. The molecule has 0 fully saturated rings. The van der Waals surface area contributed by atoms with E-state index in [2.05, 4.69) is 48.8 Å². The van der Waals surface area contributed by atoms with Gasteiger partial charge in [-0.3, -0.25) is 0 Å². The minimum absolute atomic E-state index is 0.0332. The van der Waals surface area contributed by atoms with E-state index in [1.54, 1.807) is 18.0 Å². The molecule has 4 nitrogen and oxygen atoms in total. The van der Waals surface area contributed by atoms with Crippen LogP contribution in [0.25, 0.3) is 0 Å². The molecule has 0 spiro atoms. The third-order valence-corrected chi connectivity index (χ3v) is 4.95. The zero-order valence-corrected chi connectivity index (χ0v) is 14.8. The molecule has 1 atom stereocenters. The highest BCUT2D eigenvalue weighted by molar-refractivity contribution is 9.11. The van der Waals surface area contributed by atoms with Crippen LogP contribution in [0.15, 0.2) is 38.1 Å². The lowest BCUT2D eigenvalue weighted by molar-refractivity contribution is 0.282. The number of H-pyrrole nitrogens is 2. The summed E-state index contributed by atoms with van der Waals surface area (Å²) < 4.78 is 7.89. The third-order valence-electron chi connectivity index (χ3n) is 2.56. The maximum absolute atomic E-state index is 11.0. The molecule has 0 bridgehead atoms. The minimum atomic E-state index is -0.176. The van der Waals surface area contributed by atoms with Crippen molar-refractivity contribution in [1.29, 1.82) is 0 Å². The third kappa shape index (κ3) is 4.43. The molecule has 0 saturated carbocycles. The van der Waals surface area contributed by atoms with Gasteiger partial charge in [0.25, 0.3) is 0 Å². The van der Waals surface area contributed by atoms with Crippen molar-refractivity contribution in [2.45, 2.75) is 24.5 Å². The highest BCUT2D eigenvalue weighted by atomic mass is 79.9. The van der Waals surface area contributed by atoms with Crippen LogP contribution in [0.3, 0.4) is 0 Å². The number of halogens is 2. The Hall–Kier alpha value is -0.660. The summed E-state index contributed by atoms with van der Waals surface area (Å²) >= 11 is 8.55. The standard InChI is InChI=1S/C13H14Br2N2O2S/c1-2-12(20-7-9-6-16-13(18)17-9)19-11-4-3-8(14)5-10(11)15/h3-6,12H,2,7H2,1H3,(H2,16,17,18). The van der Waals surface area contributed by atoms with E-state index in [9.17, 15) is 4.79 Å². The zero-order valence-electron chi connectivity index (χ0n) is 10.8. The van der Waals surface area contributed by atoms with E-state index in [0.717, 1.165) is 26.8 Å².